The van der Waals surface area contributed by atoms with Gasteiger partial charge in [-0.3, -0.25) is 15.0 Å². The molecule has 1 aliphatic rings. The minimum atomic E-state index is -0.495. The maximum absolute atomic E-state index is 11.3. The first-order valence-corrected chi connectivity index (χ1v) is 5.62. The number of hydrogen-bond acceptors (Lipinski definition) is 5. The molecule has 0 aliphatic carbocycles. The third kappa shape index (κ3) is 5.12. The molecule has 0 radical (unpaired) electrons. The Morgan fingerprint density at radius 1 is 1.53 bits per heavy atom. The van der Waals surface area contributed by atoms with Gasteiger partial charge >= 0.3 is 6.03 Å². The Kier molecular flexibility index (Phi) is 5.88. The third-order valence-electron chi connectivity index (χ3n) is 2.56. The standard InChI is InChI=1S/C10H19N3O4/c1-11-10(16)12-9(15)2-3-13-4-5-17-8(6-13)7-14/h8,14H,2-7H2,1H3,(H2,11,12,15,16). The second kappa shape index (κ2) is 7.21. The minimum Gasteiger partial charge on any atom is -0.394 e. The number of rotatable bonds is 4. The number of carbonyl (C=O) groups excluding carboxylic acids is 2. The molecule has 1 saturated heterocycles. The van der Waals surface area contributed by atoms with Gasteiger partial charge in [0.05, 0.1) is 19.3 Å². The number of amides is 3. The number of morpholine rings is 1. The molecule has 0 saturated carbocycles. The molecular formula is C10H19N3O4. The first-order chi connectivity index (χ1) is 8.15. The molecule has 1 atom stereocenters. The van der Waals surface area contributed by atoms with E-state index in [-0.39, 0.29) is 25.0 Å². The van der Waals surface area contributed by atoms with Crippen molar-refractivity contribution in [1.82, 2.24) is 15.5 Å². The van der Waals surface area contributed by atoms with Gasteiger partial charge in [-0.1, -0.05) is 0 Å². The lowest BCUT2D eigenvalue weighted by Crippen LogP contribution is -2.45. The van der Waals surface area contributed by atoms with Crippen molar-refractivity contribution in [2.24, 2.45) is 0 Å². The van der Waals surface area contributed by atoms with Crippen LogP contribution in [0, 0.1) is 0 Å². The zero-order valence-electron chi connectivity index (χ0n) is 9.94. The summed E-state index contributed by atoms with van der Waals surface area (Å²) in [6.45, 7) is 2.46. The molecule has 3 N–H and O–H groups in total. The summed E-state index contributed by atoms with van der Waals surface area (Å²) in [5.41, 5.74) is 0. The molecule has 0 spiro atoms. The number of imide groups is 1. The van der Waals surface area contributed by atoms with Gasteiger partial charge in [0.2, 0.25) is 5.91 Å². The van der Waals surface area contributed by atoms with Crippen LogP contribution in [0.15, 0.2) is 0 Å². The van der Waals surface area contributed by atoms with E-state index in [1.54, 1.807) is 0 Å². The van der Waals surface area contributed by atoms with Crippen molar-refractivity contribution in [3.63, 3.8) is 0 Å². The maximum atomic E-state index is 11.3. The van der Waals surface area contributed by atoms with E-state index in [2.05, 4.69) is 10.6 Å². The molecule has 1 heterocycles. The second-order valence-electron chi connectivity index (χ2n) is 3.85. The molecule has 3 amide bonds. The molecular weight excluding hydrogens is 226 g/mol. The predicted molar refractivity (Wildman–Crippen MR) is 60.5 cm³/mol. The zero-order valence-corrected chi connectivity index (χ0v) is 9.94. The van der Waals surface area contributed by atoms with Crippen LogP contribution in [-0.2, 0) is 9.53 Å². The Balaban J connectivity index is 2.21. The molecule has 0 aromatic carbocycles. The lowest BCUT2D eigenvalue weighted by atomic mass is 10.2. The van der Waals surface area contributed by atoms with Gasteiger partial charge in [-0.15, -0.1) is 0 Å². The summed E-state index contributed by atoms with van der Waals surface area (Å²) in [4.78, 5) is 24.2. The second-order valence-corrected chi connectivity index (χ2v) is 3.85. The van der Waals surface area contributed by atoms with E-state index < -0.39 is 6.03 Å². The van der Waals surface area contributed by atoms with Crippen LogP contribution in [0.5, 0.6) is 0 Å². The average Bonchev–Trinajstić information content (AvgIpc) is 2.36. The minimum absolute atomic E-state index is 0.0130. The van der Waals surface area contributed by atoms with Crippen molar-refractivity contribution in [2.75, 3.05) is 39.9 Å². The van der Waals surface area contributed by atoms with Crippen LogP contribution < -0.4 is 10.6 Å². The van der Waals surface area contributed by atoms with Crippen LogP contribution in [0.25, 0.3) is 0 Å². The number of urea groups is 1. The molecule has 0 aromatic rings. The van der Waals surface area contributed by atoms with E-state index in [0.29, 0.717) is 19.7 Å². The van der Waals surface area contributed by atoms with Crippen LogP contribution >= 0.6 is 0 Å². The summed E-state index contributed by atoms with van der Waals surface area (Å²) in [6.07, 6.45) is 0.0803. The number of aliphatic hydroxyl groups excluding tert-OH is 1. The van der Waals surface area contributed by atoms with Gasteiger partial charge in [-0.25, -0.2) is 4.79 Å². The van der Waals surface area contributed by atoms with Crippen molar-refractivity contribution in [2.45, 2.75) is 12.5 Å². The van der Waals surface area contributed by atoms with Gasteiger partial charge in [-0.05, 0) is 0 Å². The number of nitrogens with one attached hydrogen (secondary N) is 2. The first kappa shape index (κ1) is 13.9. The van der Waals surface area contributed by atoms with Crippen LogP contribution in [0.3, 0.4) is 0 Å². The fourth-order valence-electron chi connectivity index (χ4n) is 1.61. The highest BCUT2D eigenvalue weighted by Gasteiger charge is 2.20. The molecule has 7 heteroatoms. The molecule has 98 valence electrons. The van der Waals surface area contributed by atoms with Gasteiger partial charge in [0.15, 0.2) is 0 Å². The highest BCUT2D eigenvalue weighted by molar-refractivity contribution is 5.94. The Labute approximate surface area is 100 Å². The molecule has 1 rings (SSSR count). The largest absolute Gasteiger partial charge is 0.394 e. The number of nitrogens with zero attached hydrogens (tertiary/aromatic N) is 1. The lowest BCUT2D eigenvalue weighted by Gasteiger charge is -2.31. The maximum Gasteiger partial charge on any atom is 0.321 e. The van der Waals surface area contributed by atoms with Crippen molar-refractivity contribution in [3.05, 3.63) is 0 Å². The first-order valence-electron chi connectivity index (χ1n) is 5.62. The molecule has 0 aromatic heterocycles. The van der Waals surface area contributed by atoms with Crippen LogP contribution in [0.1, 0.15) is 6.42 Å². The predicted octanol–water partition coefficient (Wildman–Crippen LogP) is -1.47. The van der Waals surface area contributed by atoms with E-state index in [1.807, 2.05) is 4.90 Å². The SMILES string of the molecule is CNC(=O)NC(=O)CCN1CCOC(CO)C1. The molecule has 17 heavy (non-hydrogen) atoms. The molecule has 1 fully saturated rings. The van der Waals surface area contributed by atoms with Crippen molar-refractivity contribution in [3.8, 4) is 0 Å². The van der Waals surface area contributed by atoms with Gasteiger partial charge in [0.1, 0.15) is 0 Å². The third-order valence-corrected chi connectivity index (χ3v) is 2.56. The van der Waals surface area contributed by atoms with Gasteiger partial charge in [0.25, 0.3) is 0 Å². The van der Waals surface area contributed by atoms with Gasteiger partial charge < -0.3 is 15.2 Å². The van der Waals surface area contributed by atoms with Crippen LogP contribution in [0.2, 0.25) is 0 Å². The number of ether oxygens (including phenoxy) is 1. The average molecular weight is 245 g/mol. The van der Waals surface area contributed by atoms with Gasteiger partial charge in [0, 0.05) is 33.1 Å². The number of carbonyl (C=O) groups is 2. The van der Waals surface area contributed by atoms with E-state index >= 15 is 0 Å². The molecule has 7 nitrogen and oxygen atoms in total. The summed E-state index contributed by atoms with van der Waals surface area (Å²) in [5.74, 6) is -0.309. The molecule has 1 aliphatic heterocycles. The van der Waals surface area contributed by atoms with Crippen molar-refractivity contribution in [1.29, 1.82) is 0 Å². The van der Waals surface area contributed by atoms with E-state index in [0.717, 1.165) is 6.54 Å². The van der Waals surface area contributed by atoms with Crippen molar-refractivity contribution < 1.29 is 19.4 Å². The van der Waals surface area contributed by atoms with E-state index in [1.165, 1.54) is 7.05 Å². The summed E-state index contributed by atoms with van der Waals surface area (Å²) in [5, 5.41) is 13.5. The fourth-order valence-corrected chi connectivity index (χ4v) is 1.61. The topological polar surface area (TPSA) is 90.9 Å². The fraction of sp³-hybridized carbons (Fsp3) is 0.800. The highest BCUT2D eigenvalue weighted by atomic mass is 16.5. The Morgan fingerprint density at radius 3 is 2.94 bits per heavy atom. The summed E-state index contributed by atoms with van der Waals surface area (Å²) < 4.78 is 5.29. The van der Waals surface area contributed by atoms with E-state index in [9.17, 15) is 9.59 Å². The zero-order chi connectivity index (χ0) is 12.7. The smallest absolute Gasteiger partial charge is 0.321 e. The quantitative estimate of drug-likeness (QED) is 0.562. The Morgan fingerprint density at radius 2 is 2.29 bits per heavy atom. The number of hydrogen-bond donors (Lipinski definition) is 3. The summed E-state index contributed by atoms with van der Waals surface area (Å²) in [7, 11) is 1.45. The Hall–Kier alpha value is -1.18. The van der Waals surface area contributed by atoms with Gasteiger partial charge in [-0.2, -0.15) is 0 Å². The Bertz CT molecular complexity index is 272. The number of aliphatic hydroxyl groups is 1. The van der Waals surface area contributed by atoms with E-state index in [4.69, 9.17) is 9.84 Å². The summed E-state index contributed by atoms with van der Waals surface area (Å²) in [6, 6.07) is -0.495. The normalized spacial score (nSPS) is 20.9. The summed E-state index contributed by atoms with van der Waals surface area (Å²) >= 11 is 0. The molecule has 0 bridgehead atoms. The lowest BCUT2D eigenvalue weighted by molar-refractivity contribution is -0.121. The highest BCUT2D eigenvalue weighted by Crippen LogP contribution is 2.04. The van der Waals surface area contributed by atoms with Crippen LogP contribution in [0.4, 0.5) is 4.79 Å². The van der Waals surface area contributed by atoms with Crippen LogP contribution in [-0.4, -0.2) is 67.9 Å². The van der Waals surface area contributed by atoms with Crippen molar-refractivity contribution >= 4 is 11.9 Å². The molecule has 1 unspecified atom stereocenters. The monoisotopic (exact) mass is 245 g/mol.